The Labute approximate surface area is 154 Å². The summed E-state index contributed by atoms with van der Waals surface area (Å²) in [5.74, 6) is 1.72. The van der Waals surface area contributed by atoms with E-state index >= 15 is 0 Å². The minimum absolute atomic E-state index is 0.266. The van der Waals surface area contributed by atoms with Crippen LogP contribution in [0.4, 0.5) is 10.5 Å². The zero-order valence-corrected chi connectivity index (χ0v) is 15.7. The zero-order valence-electron chi connectivity index (χ0n) is 15.7. The molecular formula is C20H26N2O4. The first-order chi connectivity index (χ1) is 12.6. The Morgan fingerprint density at radius 3 is 2.12 bits per heavy atom. The third-order valence-corrected chi connectivity index (χ3v) is 4.20. The molecular weight excluding hydrogens is 332 g/mol. The number of carbonyl (C=O) groups is 1. The standard InChI is InChI=1S/C20H26N2O4/c1-5-14(15-9-7-6-8-10-15)13-21-20(23)22-16-11-17(24-2)19(26-4)18(12-16)25-3/h6-12,14H,5,13H2,1-4H3,(H2,21,22,23)/t14-/m0/s1. The molecule has 2 aromatic rings. The molecule has 0 saturated heterocycles. The maximum atomic E-state index is 12.3. The van der Waals surface area contributed by atoms with Crippen LogP contribution in [0.2, 0.25) is 0 Å². The maximum absolute atomic E-state index is 12.3. The summed E-state index contributed by atoms with van der Waals surface area (Å²) in [6.07, 6.45) is 0.939. The summed E-state index contributed by atoms with van der Waals surface area (Å²) < 4.78 is 15.9. The first-order valence-electron chi connectivity index (χ1n) is 8.52. The van der Waals surface area contributed by atoms with E-state index in [9.17, 15) is 4.79 Å². The fourth-order valence-corrected chi connectivity index (χ4v) is 2.77. The Bertz CT molecular complexity index is 694. The van der Waals surface area contributed by atoms with Crippen LogP contribution in [0.5, 0.6) is 17.2 Å². The first kappa shape index (κ1) is 19.4. The van der Waals surface area contributed by atoms with Gasteiger partial charge in [0.15, 0.2) is 11.5 Å². The summed E-state index contributed by atoms with van der Waals surface area (Å²) in [5.41, 5.74) is 1.77. The molecule has 0 aliphatic carbocycles. The molecule has 0 unspecified atom stereocenters. The van der Waals surface area contributed by atoms with Crippen LogP contribution < -0.4 is 24.8 Å². The van der Waals surface area contributed by atoms with Crippen LogP contribution in [0, 0.1) is 0 Å². The molecule has 0 bridgehead atoms. The molecule has 0 spiro atoms. The molecule has 0 aromatic heterocycles. The van der Waals surface area contributed by atoms with Crippen LogP contribution in [-0.4, -0.2) is 33.9 Å². The number of methoxy groups -OCH3 is 3. The number of amides is 2. The van der Waals surface area contributed by atoms with Crippen LogP contribution in [0.15, 0.2) is 42.5 Å². The van der Waals surface area contributed by atoms with Crippen LogP contribution in [0.3, 0.4) is 0 Å². The number of rotatable bonds is 8. The Morgan fingerprint density at radius 2 is 1.62 bits per heavy atom. The Hall–Kier alpha value is -2.89. The van der Waals surface area contributed by atoms with Crippen molar-refractivity contribution in [2.24, 2.45) is 0 Å². The predicted octanol–water partition coefficient (Wildman–Crippen LogP) is 4.03. The van der Waals surface area contributed by atoms with Gasteiger partial charge in [0, 0.05) is 24.6 Å². The van der Waals surface area contributed by atoms with Crippen LogP contribution in [0.25, 0.3) is 0 Å². The molecule has 0 aliphatic heterocycles. The van der Waals surface area contributed by atoms with Crippen molar-refractivity contribution in [3.05, 3.63) is 48.0 Å². The van der Waals surface area contributed by atoms with E-state index in [0.717, 1.165) is 6.42 Å². The third kappa shape index (κ3) is 4.81. The van der Waals surface area contributed by atoms with E-state index in [1.165, 1.54) is 26.9 Å². The highest BCUT2D eigenvalue weighted by molar-refractivity contribution is 5.90. The second-order valence-electron chi connectivity index (χ2n) is 5.76. The van der Waals surface area contributed by atoms with Crippen molar-refractivity contribution >= 4 is 11.7 Å². The van der Waals surface area contributed by atoms with Crippen LogP contribution in [0.1, 0.15) is 24.8 Å². The summed E-state index contributed by atoms with van der Waals surface area (Å²) in [5, 5.41) is 5.73. The van der Waals surface area contributed by atoms with Gasteiger partial charge in [0.2, 0.25) is 5.75 Å². The zero-order chi connectivity index (χ0) is 18.9. The number of hydrogen-bond acceptors (Lipinski definition) is 4. The lowest BCUT2D eigenvalue weighted by atomic mass is 9.97. The van der Waals surface area contributed by atoms with Gasteiger partial charge in [-0.2, -0.15) is 0 Å². The SMILES string of the molecule is CC[C@@H](CNC(=O)Nc1cc(OC)c(OC)c(OC)c1)c1ccccc1. The molecule has 2 amide bonds. The summed E-state index contributed by atoms with van der Waals surface area (Å²) in [7, 11) is 4.61. The largest absolute Gasteiger partial charge is 0.493 e. The van der Waals surface area contributed by atoms with Gasteiger partial charge in [0.05, 0.1) is 27.0 Å². The molecule has 0 radical (unpaired) electrons. The lowest BCUT2D eigenvalue weighted by Gasteiger charge is -2.17. The fraction of sp³-hybridized carbons (Fsp3) is 0.350. The monoisotopic (exact) mass is 358 g/mol. The van der Waals surface area contributed by atoms with Gasteiger partial charge in [-0.3, -0.25) is 0 Å². The Balaban J connectivity index is 2.03. The molecule has 0 aliphatic rings. The molecule has 6 nitrogen and oxygen atoms in total. The fourth-order valence-electron chi connectivity index (χ4n) is 2.77. The van der Waals surface area contributed by atoms with E-state index in [2.05, 4.69) is 29.7 Å². The van der Waals surface area contributed by atoms with Crippen molar-refractivity contribution < 1.29 is 19.0 Å². The summed E-state index contributed by atoms with van der Waals surface area (Å²) in [6, 6.07) is 13.3. The minimum Gasteiger partial charge on any atom is -0.493 e. The van der Waals surface area contributed by atoms with Crippen molar-refractivity contribution in [2.75, 3.05) is 33.2 Å². The van der Waals surface area contributed by atoms with E-state index in [-0.39, 0.29) is 11.9 Å². The van der Waals surface area contributed by atoms with E-state index < -0.39 is 0 Å². The van der Waals surface area contributed by atoms with E-state index in [0.29, 0.717) is 29.5 Å². The van der Waals surface area contributed by atoms with Crippen molar-refractivity contribution in [3.63, 3.8) is 0 Å². The molecule has 26 heavy (non-hydrogen) atoms. The molecule has 0 fully saturated rings. The highest BCUT2D eigenvalue weighted by Gasteiger charge is 2.15. The summed E-state index contributed by atoms with van der Waals surface area (Å²) >= 11 is 0. The van der Waals surface area contributed by atoms with Gasteiger partial charge in [0.25, 0.3) is 0 Å². The summed E-state index contributed by atoms with van der Waals surface area (Å²) in [4.78, 5) is 12.3. The van der Waals surface area contributed by atoms with Crippen molar-refractivity contribution in [2.45, 2.75) is 19.3 Å². The number of carbonyl (C=O) groups excluding carboxylic acids is 1. The normalized spacial score (nSPS) is 11.4. The molecule has 2 N–H and O–H groups in total. The quantitative estimate of drug-likeness (QED) is 0.748. The Morgan fingerprint density at radius 1 is 1.00 bits per heavy atom. The first-order valence-corrected chi connectivity index (χ1v) is 8.52. The van der Waals surface area contributed by atoms with Gasteiger partial charge in [-0.05, 0) is 12.0 Å². The van der Waals surface area contributed by atoms with Crippen molar-refractivity contribution in [1.29, 1.82) is 0 Å². The summed E-state index contributed by atoms with van der Waals surface area (Å²) in [6.45, 7) is 2.66. The van der Waals surface area contributed by atoms with Gasteiger partial charge >= 0.3 is 6.03 Å². The van der Waals surface area contributed by atoms with Crippen molar-refractivity contribution in [1.82, 2.24) is 5.32 Å². The highest BCUT2D eigenvalue weighted by Crippen LogP contribution is 2.39. The number of benzene rings is 2. The maximum Gasteiger partial charge on any atom is 0.319 e. The second kappa shape index (κ2) is 9.56. The lowest BCUT2D eigenvalue weighted by molar-refractivity contribution is 0.251. The molecule has 0 heterocycles. The van der Waals surface area contributed by atoms with Crippen LogP contribution in [-0.2, 0) is 0 Å². The van der Waals surface area contributed by atoms with Gasteiger partial charge in [-0.15, -0.1) is 0 Å². The van der Waals surface area contributed by atoms with Gasteiger partial charge < -0.3 is 24.8 Å². The molecule has 2 aromatic carbocycles. The molecule has 2 rings (SSSR count). The number of urea groups is 1. The molecule has 0 saturated carbocycles. The van der Waals surface area contributed by atoms with Crippen LogP contribution >= 0.6 is 0 Å². The van der Waals surface area contributed by atoms with E-state index in [1.54, 1.807) is 12.1 Å². The Kier molecular flexibility index (Phi) is 7.14. The lowest BCUT2D eigenvalue weighted by Crippen LogP contribution is -2.32. The number of hydrogen-bond donors (Lipinski definition) is 2. The predicted molar refractivity (Wildman–Crippen MR) is 103 cm³/mol. The average Bonchev–Trinajstić information content (AvgIpc) is 2.68. The average molecular weight is 358 g/mol. The van der Waals surface area contributed by atoms with Gasteiger partial charge in [-0.25, -0.2) is 4.79 Å². The topological polar surface area (TPSA) is 68.8 Å². The molecule has 140 valence electrons. The minimum atomic E-state index is -0.284. The van der Waals surface area contributed by atoms with Crippen molar-refractivity contribution in [3.8, 4) is 17.2 Å². The number of nitrogens with one attached hydrogen (secondary N) is 2. The third-order valence-electron chi connectivity index (χ3n) is 4.20. The number of anilines is 1. The smallest absolute Gasteiger partial charge is 0.319 e. The molecule has 6 heteroatoms. The van der Waals surface area contributed by atoms with E-state index in [1.807, 2.05) is 18.2 Å². The highest BCUT2D eigenvalue weighted by atomic mass is 16.5. The van der Waals surface area contributed by atoms with Gasteiger partial charge in [0.1, 0.15) is 0 Å². The van der Waals surface area contributed by atoms with Gasteiger partial charge in [-0.1, -0.05) is 37.3 Å². The second-order valence-corrected chi connectivity index (χ2v) is 5.76. The number of ether oxygens (including phenoxy) is 3. The van der Waals surface area contributed by atoms with E-state index in [4.69, 9.17) is 14.2 Å². The molecule has 1 atom stereocenters.